The zero-order valence-electron chi connectivity index (χ0n) is 10.0. The maximum Gasteiger partial charge on any atom is 0.308 e. The molecule has 84 valence electrons. The molecule has 14 heavy (non-hydrogen) atoms. The number of carbonyl (C=O) groups excluding carboxylic acids is 1. The van der Waals surface area contributed by atoms with Crippen molar-refractivity contribution in [2.75, 3.05) is 6.61 Å². The number of hydrogen-bond donors (Lipinski definition) is 0. The molecule has 0 aromatic carbocycles. The van der Waals surface area contributed by atoms with Crippen molar-refractivity contribution in [1.29, 1.82) is 0 Å². The topological polar surface area (TPSA) is 26.3 Å². The molecule has 0 fully saturated rings. The van der Waals surface area contributed by atoms with Gasteiger partial charge in [0.2, 0.25) is 0 Å². The minimum atomic E-state index is -0.0751. The highest BCUT2D eigenvalue weighted by molar-refractivity contribution is 5.71. The molecule has 0 radical (unpaired) electrons. The Kier molecular flexibility index (Phi) is 7.54. The fourth-order valence-electron chi connectivity index (χ4n) is 1.17. The Hall–Kier alpha value is -0.530. The second kappa shape index (κ2) is 7.84. The number of hydrogen-bond acceptors (Lipinski definition) is 2. The van der Waals surface area contributed by atoms with Gasteiger partial charge in [0.1, 0.15) is 0 Å². The van der Waals surface area contributed by atoms with E-state index in [0.717, 1.165) is 12.3 Å². The fraction of sp³-hybridized carbons (Fsp3) is 0.917. The fourth-order valence-corrected chi connectivity index (χ4v) is 1.17. The molecule has 0 saturated carbocycles. The van der Waals surface area contributed by atoms with Crippen LogP contribution in [0.1, 0.15) is 53.4 Å². The van der Waals surface area contributed by atoms with E-state index in [4.69, 9.17) is 4.74 Å². The molecule has 0 aliphatic heterocycles. The summed E-state index contributed by atoms with van der Waals surface area (Å²) >= 11 is 0. The summed E-state index contributed by atoms with van der Waals surface area (Å²) in [6.07, 6.45) is 4.70. The van der Waals surface area contributed by atoms with Crippen molar-refractivity contribution < 1.29 is 9.53 Å². The molecule has 0 atom stereocenters. The smallest absolute Gasteiger partial charge is 0.308 e. The highest BCUT2D eigenvalue weighted by Gasteiger charge is 2.06. The summed E-state index contributed by atoms with van der Waals surface area (Å²) < 4.78 is 5.07. The number of carbonyl (C=O) groups is 1. The Bertz CT molecular complexity index is 150. The molecule has 0 aliphatic rings. The predicted molar refractivity (Wildman–Crippen MR) is 59.1 cm³/mol. The first-order valence-electron chi connectivity index (χ1n) is 5.70. The van der Waals surface area contributed by atoms with Crippen LogP contribution in [0.15, 0.2) is 0 Å². The lowest BCUT2D eigenvalue weighted by Crippen LogP contribution is -2.12. The van der Waals surface area contributed by atoms with Gasteiger partial charge in [-0.15, -0.1) is 0 Å². The summed E-state index contributed by atoms with van der Waals surface area (Å²) in [6, 6.07) is 0. The lowest BCUT2D eigenvalue weighted by Gasteiger charge is -2.07. The zero-order valence-corrected chi connectivity index (χ0v) is 10.0. The minimum absolute atomic E-state index is 0.00524. The molecule has 0 spiro atoms. The second-order valence-corrected chi connectivity index (χ2v) is 4.57. The highest BCUT2D eigenvalue weighted by Crippen LogP contribution is 2.08. The van der Waals surface area contributed by atoms with E-state index in [-0.39, 0.29) is 11.9 Å². The van der Waals surface area contributed by atoms with E-state index in [1.165, 1.54) is 19.3 Å². The van der Waals surface area contributed by atoms with Crippen molar-refractivity contribution in [3.05, 3.63) is 0 Å². The van der Waals surface area contributed by atoms with Crippen molar-refractivity contribution in [3.63, 3.8) is 0 Å². The van der Waals surface area contributed by atoms with Crippen LogP contribution >= 0.6 is 0 Å². The monoisotopic (exact) mass is 200 g/mol. The largest absolute Gasteiger partial charge is 0.465 e. The van der Waals surface area contributed by atoms with Crippen LogP contribution in [0.3, 0.4) is 0 Å². The van der Waals surface area contributed by atoms with Gasteiger partial charge >= 0.3 is 5.97 Å². The maximum absolute atomic E-state index is 11.1. The van der Waals surface area contributed by atoms with Gasteiger partial charge in [-0.3, -0.25) is 4.79 Å². The molecule has 0 aromatic rings. The molecule has 0 rings (SSSR count). The van der Waals surface area contributed by atoms with Crippen LogP contribution in [0, 0.1) is 11.8 Å². The van der Waals surface area contributed by atoms with Gasteiger partial charge in [-0.2, -0.15) is 0 Å². The predicted octanol–water partition coefficient (Wildman–Crippen LogP) is 3.40. The van der Waals surface area contributed by atoms with E-state index in [9.17, 15) is 4.79 Å². The summed E-state index contributed by atoms with van der Waals surface area (Å²) in [4.78, 5) is 11.1. The molecule has 0 saturated heterocycles. The van der Waals surface area contributed by atoms with E-state index in [1.807, 2.05) is 13.8 Å². The van der Waals surface area contributed by atoms with Crippen LogP contribution in [-0.4, -0.2) is 12.6 Å². The summed E-state index contributed by atoms with van der Waals surface area (Å²) in [5.41, 5.74) is 0. The van der Waals surface area contributed by atoms with Gasteiger partial charge in [0.15, 0.2) is 0 Å². The third-order valence-corrected chi connectivity index (χ3v) is 2.14. The van der Waals surface area contributed by atoms with Crippen molar-refractivity contribution >= 4 is 5.97 Å². The molecular formula is C12H24O2. The Balaban J connectivity index is 3.18. The number of ether oxygens (including phenoxy) is 1. The summed E-state index contributed by atoms with van der Waals surface area (Å²) in [7, 11) is 0. The van der Waals surface area contributed by atoms with Crippen LogP contribution < -0.4 is 0 Å². The van der Waals surface area contributed by atoms with Gasteiger partial charge in [0.05, 0.1) is 12.5 Å². The van der Waals surface area contributed by atoms with Crippen LogP contribution in [-0.2, 0) is 9.53 Å². The normalized spacial score (nSPS) is 11.0. The van der Waals surface area contributed by atoms with Gasteiger partial charge < -0.3 is 4.74 Å². The molecule has 0 heterocycles. The average molecular weight is 200 g/mol. The van der Waals surface area contributed by atoms with Crippen LogP contribution in [0.5, 0.6) is 0 Å². The first-order valence-corrected chi connectivity index (χ1v) is 5.70. The van der Waals surface area contributed by atoms with E-state index >= 15 is 0 Å². The zero-order chi connectivity index (χ0) is 11.0. The van der Waals surface area contributed by atoms with Crippen LogP contribution in [0.2, 0.25) is 0 Å². The Morgan fingerprint density at radius 2 is 1.71 bits per heavy atom. The van der Waals surface area contributed by atoms with Gasteiger partial charge in [-0.05, 0) is 12.3 Å². The molecule has 2 nitrogen and oxygen atoms in total. The summed E-state index contributed by atoms with van der Waals surface area (Å²) in [5, 5.41) is 0. The molecule has 0 unspecified atom stereocenters. The van der Waals surface area contributed by atoms with Crippen molar-refractivity contribution in [2.45, 2.75) is 53.4 Å². The summed E-state index contributed by atoms with van der Waals surface area (Å²) in [5.74, 6) is 0.715. The third kappa shape index (κ3) is 8.09. The Morgan fingerprint density at radius 1 is 1.07 bits per heavy atom. The molecule has 0 aliphatic carbocycles. The highest BCUT2D eigenvalue weighted by atomic mass is 16.5. The number of rotatable bonds is 7. The molecule has 0 bridgehead atoms. The number of esters is 1. The molecule has 0 aromatic heterocycles. The van der Waals surface area contributed by atoms with E-state index < -0.39 is 0 Å². The third-order valence-electron chi connectivity index (χ3n) is 2.14. The van der Waals surface area contributed by atoms with E-state index in [2.05, 4.69) is 13.8 Å². The molecule has 0 N–H and O–H groups in total. The Labute approximate surface area is 88.0 Å². The lowest BCUT2D eigenvalue weighted by atomic mass is 10.1. The SMILES string of the molecule is CC(C)CCCCCOC(=O)C(C)C. The van der Waals surface area contributed by atoms with Crippen molar-refractivity contribution in [3.8, 4) is 0 Å². The van der Waals surface area contributed by atoms with Crippen molar-refractivity contribution in [1.82, 2.24) is 0 Å². The van der Waals surface area contributed by atoms with Gasteiger partial charge in [-0.1, -0.05) is 47.0 Å². The number of unbranched alkanes of at least 4 members (excludes halogenated alkanes) is 2. The Morgan fingerprint density at radius 3 is 2.21 bits per heavy atom. The summed E-state index contributed by atoms with van der Waals surface area (Å²) in [6.45, 7) is 8.79. The first kappa shape index (κ1) is 13.5. The second-order valence-electron chi connectivity index (χ2n) is 4.57. The van der Waals surface area contributed by atoms with Crippen molar-refractivity contribution in [2.24, 2.45) is 11.8 Å². The van der Waals surface area contributed by atoms with Gasteiger partial charge in [-0.25, -0.2) is 0 Å². The quantitative estimate of drug-likeness (QED) is 0.465. The van der Waals surface area contributed by atoms with Gasteiger partial charge in [0.25, 0.3) is 0 Å². The molecule has 0 amide bonds. The lowest BCUT2D eigenvalue weighted by molar-refractivity contribution is -0.147. The maximum atomic E-state index is 11.1. The molecular weight excluding hydrogens is 176 g/mol. The van der Waals surface area contributed by atoms with Crippen LogP contribution in [0.4, 0.5) is 0 Å². The minimum Gasteiger partial charge on any atom is -0.465 e. The molecule has 2 heteroatoms. The van der Waals surface area contributed by atoms with Crippen LogP contribution in [0.25, 0.3) is 0 Å². The van der Waals surface area contributed by atoms with Gasteiger partial charge in [0, 0.05) is 0 Å². The first-order chi connectivity index (χ1) is 6.54. The van der Waals surface area contributed by atoms with E-state index in [1.54, 1.807) is 0 Å². The average Bonchev–Trinajstić information content (AvgIpc) is 2.09. The van der Waals surface area contributed by atoms with E-state index in [0.29, 0.717) is 6.61 Å². The standard InChI is InChI=1S/C12H24O2/c1-10(2)8-6-5-7-9-14-12(13)11(3)4/h10-11H,5-9H2,1-4H3.